The highest BCUT2D eigenvalue weighted by Gasteiger charge is 2.25. The molecule has 0 unspecified atom stereocenters. The molecule has 192 valence electrons. The first-order valence-corrected chi connectivity index (χ1v) is 14.9. The maximum absolute atomic E-state index is 13.0. The summed E-state index contributed by atoms with van der Waals surface area (Å²) in [5.41, 5.74) is 12.8. The van der Waals surface area contributed by atoms with Gasteiger partial charge in [0.2, 0.25) is 5.95 Å². The Morgan fingerprint density at radius 1 is 1.11 bits per heavy atom. The number of nitrogen functional groups attached to an aromatic ring is 1. The van der Waals surface area contributed by atoms with E-state index in [-0.39, 0.29) is 11.9 Å². The quantitative estimate of drug-likeness (QED) is 0.417. The smallest absolute Gasteiger partial charge is 0.253 e. The van der Waals surface area contributed by atoms with Crippen molar-refractivity contribution in [3.8, 4) is 22.6 Å². The maximum Gasteiger partial charge on any atom is 0.253 e. The van der Waals surface area contributed by atoms with E-state index in [0.717, 1.165) is 39.4 Å². The molecule has 1 amide bonds. The number of benzene rings is 1. The Morgan fingerprint density at radius 3 is 2.43 bits per heavy atom. The SMILES string of the molecule is CC.CNC(=O)c1cc(-c2nc(N)ncc2C)n(COCCS(C)(C)C)c1-c1cc(C)ccc1C. The molecule has 0 saturated carbocycles. The Kier molecular flexibility index (Phi) is 9.92. The number of carbonyl (C=O) groups is 1. The van der Waals surface area contributed by atoms with Crippen molar-refractivity contribution in [2.24, 2.45) is 0 Å². The molecule has 0 atom stereocenters. The molecule has 0 radical (unpaired) electrons. The highest BCUT2D eigenvalue weighted by Crippen LogP contribution is 2.37. The molecule has 0 fully saturated rings. The fraction of sp³-hybridized carbons (Fsp3) is 0.444. The molecule has 1 aromatic carbocycles. The summed E-state index contributed by atoms with van der Waals surface area (Å²) in [7, 11) is 0.966. The molecule has 8 heteroatoms. The minimum Gasteiger partial charge on any atom is -0.368 e. The van der Waals surface area contributed by atoms with E-state index in [1.54, 1.807) is 13.2 Å². The number of hydrogen-bond acceptors (Lipinski definition) is 5. The highest BCUT2D eigenvalue weighted by atomic mass is 32.3. The van der Waals surface area contributed by atoms with Crippen LogP contribution in [0.25, 0.3) is 22.6 Å². The van der Waals surface area contributed by atoms with Gasteiger partial charge in [0.05, 0.1) is 29.3 Å². The minimum absolute atomic E-state index is 0.162. The molecular formula is C27H41N5O2S. The van der Waals surface area contributed by atoms with Gasteiger partial charge in [-0.3, -0.25) is 4.79 Å². The zero-order chi connectivity index (χ0) is 26.3. The third-order valence-corrected chi connectivity index (χ3v) is 6.90. The van der Waals surface area contributed by atoms with Crippen LogP contribution in [0.2, 0.25) is 0 Å². The second-order valence-electron chi connectivity index (χ2n) is 9.21. The van der Waals surface area contributed by atoms with Gasteiger partial charge < -0.3 is 20.4 Å². The van der Waals surface area contributed by atoms with Gasteiger partial charge in [-0.15, -0.1) is 0 Å². The minimum atomic E-state index is -0.675. The van der Waals surface area contributed by atoms with Gasteiger partial charge >= 0.3 is 0 Å². The van der Waals surface area contributed by atoms with Gasteiger partial charge in [0.1, 0.15) is 6.73 Å². The lowest BCUT2D eigenvalue weighted by Crippen LogP contribution is -2.19. The van der Waals surface area contributed by atoms with Crippen LogP contribution in [0.3, 0.4) is 0 Å². The van der Waals surface area contributed by atoms with E-state index in [1.807, 2.05) is 31.4 Å². The zero-order valence-corrected chi connectivity index (χ0v) is 23.5. The van der Waals surface area contributed by atoms with Gasteiger partial charge in [0.25, 0.3) is 5.91 Å². The molecule has 2 heterocycles. The van der Waals surface area contributed by atoms with Gasteiger partial charge in [-0.2, -0.15) is 0 Å². The van der Waals surface area contributed by atoms with Crippen LogP contribution in [0.15, 0.2) is 30.5 Å². The van der Waals surface area contributed by atoms with Crippen molar-refractivity contribution < 1.29 is 9.53 Å². The maximum atomic E-state index is 13.0. The Hall–Kier alpha value is -2.84. The van der Waals surface area contributed by atoms with Crippen molar-refractivity contribution >= 4 is 21.9 Å². The van der Waals surface area contributed by atoms with Gasteiger partial charge in [0.15, 0.2) is 0 Å². The molecule has 0 aliphatic rings. The van der Waals surface area contributed by atoms with Crippen molar-refractivity contribution in [1.29, 1.82) is 0 Å². The van der Waals surface area contributed by atoms with E-state index in [0.29, 0.717) is 24.6 Å². The van der Waals surface area contributed by atoms with E-state index < -0.39 is 10.0 Å². The molecule has 0 saturated heterocycles. The second-order valence-corrected chi connectivity index (χ2v) is 13.8. The van der Waals surface area contributed by atoms with Gasteiger partial charge in [-0.1, -0.05) is 31.5 Å². The molecule has 0 aliphatic heterocycles. The van der Waals surface area contributed by atoms with E-state index in [1.165, 1.54) is 0 Å². The fourth-order valence-corrected chi connectivity index (χ4v) is 4.27. The molecule has 3 N–H and O–H groups in total. The molecule has 3 aromatic rings. The second kappa shape index (κ2) is 12.2. The van der Waals surface area contributed by atoms with E-state index in [4.69, 9.17) is 10.5 Å². The summed E-state index contributed by atoms with van der Waals surface area (Å²) in [6.45, 7) is 11.0. The number of nitrogens with one attached hydrogen (secondary N) is 1. The molecule has 0 aliphatic carbocycles. The molecule has 2 aromatic heterocycles. The number of anilines is 1. The number of ether oxygens (including phenoxy) is 1. The van der Waals surface area contributed by atoms with Crippen LogP contribution >= 0.6 is 10.0 Å². The summed E-state index contributed by atoms with van der Waals surface area (Å²) >= 11 is 0. The van der Waals surface area contributed by atoms with E-state index in [2.05, 4.69) is 66.1 Å². The summed E-state index contributed by atoms with van der Waals surface area (Å²) in [5.74, 6) is 1.03. The standard InChI is InChI=1S/C25H35N5O2S.C2H6/c1-16-8-9-17(2)19(12-16)23-20(24(31)27-4)13-21(22-18(3)14-28-25(26)29-22)30(23)15-32-10-11-33(5,6)7;1-2/h8-9,12-14H,10-11,15H2,1-7H3,(H,27,31)(H2,26,28,29);1-2H3. The fourth-order valence-electron chi connectivity index (χ4n) is 3.65. The first-order chi connectivity index (χ1) is 16.5. The van der Waals surface area contributed by atoms with Crippen LogP contribution in [-0.4, -0.2) is 58.6 Å². The lowest BCUT2D eigenvalue weighted by atomic mass is 10.00. The van der Waals surface area contributed by atoms with Crippen LogP contribution in [0.1, 0.15) is 40.9 Å². The number of nitrogens with two attached hydrogens (primary N) is 1. The topological polar surface area (TPSA) is 95.1 Å². The summed E-state index contributed by atoms with van der Waals surface area (Å²) in [4.78, 5) is 21.6. The third-order valence-electron chi connectivity index (χ3n) is 5.51. The average molecular weight is 500 g/mol. The highest BCUT2D eigenvalue weighted by molar-refractivity contribution is 8.32. The van der Waals surface area contributed by atoms with Gasteiger partial charge in [-0.05, 0) is 62.8 Å². The molecule has 3 rings (SSSR count). The van der Waals surface area contributed by atoms with Crippen molar-refractivity contribution in [2.75, 3.05) is 43.9 Å². The zero-order valence-electron chi connectivity index (χ0n) is 22.7. The largest absolute Gasteiger partial charge is 0.368 e. The lowest BCUT2D eigenvalue weighted by molar-refractivity contribution is 0.0914. The Labute approximate surface area is 211 Å². The number of hydrogen-bond donors (Lipinski definition) is 2. The Bertz CT molecular complexity index is 1170. The van der Waals surface area contributed by atoms with Crippen LogP contribution < -0.4 is 11.1 Å². The summed E-state index contributed by atoms with van der Waals surface area (Å²) in [6, 6.07) is 8.14. The van der Waals surface area contributed by atoms with Crippen molar-refractivity contribution in [3.63, 3.8) is 0 Å². The summed E-state index contributed by atoms with van der Waals surface area (Å²) in [5, 5.41) is 2.78. The van der Waals surface area contributed by atoms with Crippen LogP contribution in [-0.2, 0) is 11.5 Å². The molecule has 7 nitrogen and oxygen atoms in total. The predicted molar refractivity (Wildman–Crippen MR) is 150 cm³/mol. The molecule has 35 heavy (non-hydrogen) atoms. The Morgan fingerprint density at radius 2 is 1.80 bits per heavy atom. The number of rotatable bonds is 8. The van der Waals surface area contributed by atoms with Crippen LogP contribution in [0.4, 0.5) is 5.95 Å². The Balaban J connectivity index is 0.00000210. The normalized spacial score (nSPS) is 11.6. The van der Waals surface area contributed by atoms with Crippen molar-refractivity contribution in [1.82, 2.24) is 19.9 Å². The van der Waals surface area contributed by atoms with E-state index >= 15 is 0 Å². The monoisotopic (exact) mass is 499 g/mol. The van der Waals surface area contributed by atoms with Crippen LogP contribution in [0.5, 0.6) is 0 Å². The number of aromatic nitrogens is 3. The molecule has 0 bridgehead atoms. The molecular weight excluding hydrogens is 458 g/mol. The summed E-state index contributed by atoms with van der Waals surface area (Å²) in [6.07, 6.45) is 8.52. The third kappa shape index (κ3) is 7.08. The number of aryl methyl sites for hydroxylation is 3. The molecule has 0 spiro atoms. The predicted octanol–water partition coefficient (Wildman–Crippen LogP) is 5.17. The lowest BCUT2D eigenvalue weighted by Gasteiger charge is -2.25. The number of amides is 1. The van der Waals surface area contributed by atoms with Gasteiger partial charge in [0, 0.05) is 24.6 Å². The van der Waals surface area contributed by atoms with Crippen molar-refractivity contribution in [2.45, 2.75) is 41.3 Å². The van der Waals surface area contributed by atoms with Crippen LogP contribution in [0, 0.1) is 20.8 Å². The first-order valence-electron chi connectivity index (χ1n) is 11.9. The first kappa shape index (κ1) is 28.4. The van der Waals surface area contributed by atoms with E-state index in [9.17, 15) is 4.79 Å². The van der Waals surface area contributed by atoms with Crippen molar-refractivity contribution in [3.05, 3.63) is 52.7 Å². The van der Waals surface area contributed by atoms with Gasteiger partial charge in [-0.25, -0.2) is 20.0 Å². The number of carbonyl (C=O) groups excluding carboxylic acids is 1. The summed E-state index contributed by atoms with van der Waals surface area (Å²) < 4.78 is 8.21. The average Bonchev–Trinajstić information content (AvgIpc) is 3.19. The number of nitrogens with zero attached hydrogens (tertiary/aromatic N) is 3.